The van der Waals surface area contributed by atoms with E-state index in [0.29, 0.717) is 35.4 Å². The van der Waals surface area contributed by atoms with Crippen LogP contribution in [0.3, 0.4) is 0 Å². The first-order chi connectivity index (χ1) is 14.7. The maximum Gasteiger partial charge on any atom is 0.269 e. The lowest BCUT2D eigenvalue weighted by Crippen LogP contribution is -2.34. The molecular formula is C24H22N4O2. The van der Waals surface area contributed by atoms with Gasteiger partial charge in [-0.05, 0) is 42.7 Å². The van der Waals surface area contributed by atoms with Crippen LogP contribution in [-0.4, -0.2) is 15.5 Å². The van der Waals surface area contributed by atoms with Gasteiger partial charge in [-0.1, -0.05) is 60.7 Å². The van der Waals surface area contributed by atoms with Crippen molar-refractivity contribution >= 4 is 22.8 Å². The molecule has 3 aromatic carbocycles. The van der Waals surface area contributed by atoms with Crippen LogP contribution in [-0.2, 0) is 13.0 Å². The minimum absolute atomic E-state index is 0.149. The third-order valence-corrected chi connectivity index (χ3v) is 4.97. The van der Waals surface area contributed by atoms with Crippen molar-refractivity contribution in [1.29, 1.82) is 0 Å². The third-order valence-electron chi connectivity index (χ3n) is 4.97. The Labute approximate surface area is 174 Å². The number of hydrogen-bond acceptors (Lipinski definition) is 4. The topological polar surface area (TPSA) is 76.0 Å². The van der Waals surface area contributed by atoms with E-state index in [1.165, 1.54) is 4.57 Å². The van der Waals surface area contributed by atoms with Gasteiger partial charge in [0.25, 0.3) is 11.5 Å². The molecule has 30 heavy (non-hydrogen) atoms. The van der Waals surface area contributed by atoms with E-state index in [0.717, 1.165) is 11.1 Å². The second-order valence-electron chi connectivity index (χ2n) is 6.90. The van der Waals surface area contributed by atoms with Gasteiger partial charge < -0.3 is 0 Å². The summed E-state index contributed by atoms with van der Waals surface area (Å²) in [6.45, 7) is 2.29. The average molecular weight is 398 g/mol. The number of nitrogens with zero attached hydrogens (tertiary/aromatic N) is 2. The van der Waals surface area contributed by atoms with Crippen molar-refractivity contribution in [3.8, 4) is 0 Å². The minimum atomic E-state index is -0.286. The summed E-state index contributed by atoms with van der Waals surface area (Å²) >= 11 is 0. The molecule has 0 saturated carbocycles. The molecule has 0 spiro atoms. The molecule has 1 amide bonds. The van der Waals surface area contributed by atoms with Gasteiger partial charge in [0.2, 0.25) is 5.95 Å². The summed E-state index contributed by atoms with van der Waals surface area (Å²) in [7, 11) is 0. The number of fused-ring (bicyclic) bond motifs is 1. The van der Waals surface area contributed by atoms with Crippen molar-refractivity contribution < 1.29 is 4.79 Å². The van der Waals surface area contributed by atoms with Crippen LogP contribution in [0.15, 0.2) is 83.7 Å². The van der Waals surface area contributed by atoms with E-state index in [1.54, 1.807) is 18.2 Å². The van der Waals surface area contributed by atoms with Crippen molar-refractivity contribution in [2.75, 3.05) is 5.43 Å². The molecule has 0 saturated heterocycles. The van der Waals surface area contributed by atoms with E-state index < -0.39 is 0 Å². The fourth-order valence-electron chi connectivity index (χ4n) is 3.45. The zero-order chi connectivity index (χ0) is 20.9. The molecule has 0 aliphatic heterocycles. The minimum Gasteiger partial charge on any atom is -0.277 e. The van der Waals surface area contributed by atoms with Crippen LogP contribution in [0, 0.1) is 0 Å². The summed E-state index contributed by atoms with van der Waals surface area (Å²) < 4.78 is 1.50. The predicted molar refractivity (Wildman–Crippen MR) is 118 cm³/mol. The van der Waals surface area contributed by atoms with E-state index in [1.807, 2.05) is 67.6 Å². The maximum absolute atomic E-state index is 12.9. The molecule has 150 valence electrons. The zero-order valence-electron chi connectivity index (χ0n) is 16.6. The first-order valence-electron chi connectivity index (χ1n) is 9.85. The summed E-state index contributed by atoms with van der Waals surface area (Å²) in [5.74, 6) is 0.0154. The fourth-order valence-corrected chi connectivity index (χ4v) is 3.45. The molecule has 2 N–H and O–H groups in total. The number of rotatable bonds is 6. The summed E-state index contributed by atoms with van der Waals surface area (Å²) in [6.07, 6.45) is 0.651. The summed E-state index contributed by atoms with van der Waals surface area (Å²) in [4.78, 5) is 30.1. The Morgan fingerprint density at radius 1 is 0.933 bits per heavy atom. The first kappa shape index (κ1) is 19.4. The summed E-state index contributed by atoms with van der Waals surface area (Å²) in [5, 5.41) is 0.546. The maximum atomic E-state index is 12.9. The number of carbonyl (C=O) groups excluding carboxylic acids is 1. The number of nitrogens with one attached hydrogen (secondary N) is 2. The monoisotopic (exact) mass is 398 g/mol. The quantitative estimate of drug-likeness (QED) is 0.485. The van der Waals surface area contributed by atoms with Crippen LogP contribution in [0.5, 0.6) is 0 Å². The van der Waals surface area contributed by atoms with Crippen molar-refractivity contribution in [2.45, 2.75) is 19.9 Å². The number of amides is 1. The molecule has 1 heterocycles. The van der Waals surface area contributed by atoms with Gasteiger partial charge in [0.15, 0.2) is 0 Å². The van der Waals surface area contributed by atoms with Gasteiger partial charge >= 0.3 is 0 Å². The fraction of sp³-hybridized carbons (Fsp3) is 0.125. The zero-order valence-corrected chi connectivity index (χ0v) is 16.6. The Kier molecular flexibility index (Phi) is 5.57. The lowest BCUT2D eigenvalue weighted by molar-refractivity contribution is 0.0961. The molecule has 1 aromatic heterocycles. The molecule has 6 heteroatoms. The second kappa shape index (κ2) is 8.61. The van der Waals surface area contributed by atoms with E-state index in [2.05, 4.69) is 15.8 Å². The Morgan fingerprint density at radius 2 is 1.63 bits per heavy atom. The van der Waals surface area contributed by atoms with Crippen LogP contribution in [0.4, 0.5) is 5.95 Å². The number of para-hydroxylation sites is 1. The molecule has 0 unspecified atom stereocenters. The molecular weight excluding hydrogens is 376 g/mol. The first-order valence-corrected chi connectivity index (χ1v) is 9.85. The number of carbonyl (C=O) groups is 1. The van der Waals surface area contributed by atoms with Crippen LogP contribution in [0.2, 0.25) is 0 Å². The van der Waals surface area contributed by atoms with Gasteiger partial charge in [0, 0.05) is 12.1 Å². The van der Waals surface area contributed by atoms with Crippen LogP contribution < -0.4 is 16.4 Å². The largest absolute Gasteiger partial charge is 0.277 e. The highest BCUT2D eigenvalue weighted by molar-refractivity contribution is 5.96. The van der Waals surface area contributed by atoms with Crippen LogP contribution >= 0.6 is 0 Å². The van der Waals surface area contributed by atoms with Gasteiger partial charge in [-0.3, -0.25) is 25.0 Å². The molecule has 0 atom stereocenters. The average Bonchev–Trinajstić information content (AvgIpc) is 2.79. The number of hydrazine groups is 1. The Bertz CT molecular complexity index is 1250. The Balaban J connectivity index is 1.58. The molecule has 0 aliphatic rings. The second-order valence-corrected chi connectivity index (χ2v) is 6.90. The molecule has 0 fully saturated rings. The Hall–Kier alpha value is -3.93. The smallest absolute Gasteiger partial charge is 0.269 e. The standard InChI is InChI=1S/C24H22N4O2/c1-2-28-23(30)20-14-8-9-15-21(20)25-24(28)27-26-22(29)19-13-7-6-12-18(19)16-17-10-4-3-5-11-17/h3-15H,2,16H2,1H3,(H,25,27)(H,26,29). The number of hydrogen-bond donors (Lipinski definition) is 2. The highest BCUT2D eigenvalue weighted by Gasteiger charge is 2.14. The van der Waals surface area contributed by atoms with Gasteiger partial charge in [-0.25, -0.2) is 4.98 Å². The van der Waals surface area contributed by atoms with Crippen LogP contribution in [0.25, 0.3) is 10.9 Å². The molecule has 6 nitrogen and oxygen atoms in total. The lowest BCUT2D eigenvalue weighted by atomic mass is 9.99. The Morgan fingerprint density at radius 3 is 2.43 bits per heavy atom. The highest BCUT2D eigenvalue weighted by atomic mass is 16.2. The predicted octanol–water partition coefficient (Wildman–Crippen LogP) is 3.76. The third kappa shape index (κ3) is 3.93. The lowest BCUT2D eigenvalue weighted by Gasteiger charge is -2.15. The van der Waals surface area contributed by atoms with Gasteiger partial charge in [0.05, 0.1) is 10.9 Å². The molecule has 0 aliphatic carbocycles. The number of benzene rings is 3. The van der Waals surface area contributed by atoms with E-state index in [-0.39, 0.29) is 11.5 Å². The van der Waals surface area contributed by atoms with Crippen LogP contribution in [0.1, 0.15) is 28.4 Å². The molecule has 4 aromatic rings. The number of aromatic nitrogens is 2. The molecule has 0 bridgehead atoms. The van der Waals surface area contributed by atoms with Gasteiger partial charge in [-0.2, -0.15) is 0 Å². The van der Waals surface area contributed by atoms with Gasteiger partial charge in [-0.15, -0.1) is 0 Å². The van der Waals surface area contributed by atoms with Crippen molar-refractivity contribution in [2.24, 2.45) is 0 Å². The normalized spacial score (nSPS) is 10.7. The van der Waals surface area contributed by atoms with Gasteiger partial charge in [0.1, 0.15) is 0 Å². The van der Waals surface area contributed by atoms with E-state index in [4.69, 9.17) is 0 Å². The van der Waals surface area contributed by atoms with Crippen molar-refractivity contribution in [3.63, 3.8) is 0 Å². The van der Waals surface area contributed by atoms with Crippen molar-refractivity contribution in [1.82, 2.24) is 15.0 Å². The molecule has 4 rings (SSSR count). The summed E-state index contributed by atoms with van der Waals surface area (Å²) in [6, 6.07) is 24.6. The number of anilines is 1. The summed E-state index contributed by atoms with van der Waals surface area (Å²) in [5.41, 5.74) is 8.58. The van der Waals surface area contributed by atoms with Crippen molar-refractivity contribution in [3.05, 3.63) is 106 Å². The van der Waals surface area contributed by atoms with E-state index in [9.17, 15) is 9.59 Å². The molecule has 0 radical (unpaired) electrons. The highest BCUT2D eigenvalue weighted by Crippen LogP contribution is 2.15. The van der Waals surface area contributed by atoms with E-state index >= 15 is 0 Å². The SMILES string of the molecule is CCn1c(NNC(=O)c2ccccc2Cc2ccccc2)nc2ccccc2c1=O.